The van der Waals surface area contributed by atoms with Crippen LogP contribution in [-0.4, -0.2) is 22.8 Å². The Bertz CT molecular complexity index is 1250. The summed E-state index contributed by atoms with van der Waals surface area (Å²) in [4.78, 5) is 25.7. The van der Waals surface area contributed by atoms with Crippen molar-refractivity contribution >= 4 is 22.4 Å². The van der Waals surface area contributed by atoms with Crippen LogP contribution in [0.5, 0.6) is 5.75 Å². The monoisotopic (exact) mass is 426 g/mol. The molecule has 0 atom stereocenters. The molecule has 4 aromatic rings. The minimum absolute atomic E-state index is 0.0442. The Kier molecular flexibility index (Phi) is 6.12. The zero-order valence-corrected chi connectivity index (χ0v) is 17.6. The van der Waals surface area contributed by atoms with Crippen molar-refractivity contribution in [2.45, 2.75) is 13.1 Å². The van der Waals surface area contributed by atoms with Gasteiger partial charge in [-0.25, -0.2) is 0 Å². The first-order chi connectivity index (χ1) is 15.5. The highest BCUT2D eigenvalue weighted by molar-refractivity contribution is 5.95. The van der Waals surface area contributed by atoms with Crippen LogP contribution in [0.25, 0.3) is 10.8 Å². The van der Waals surface area contributed by atoms with Gasteiger partial charge in [0.15, 0.2) is 0 Å². The third-order valence-electron chi connectivity index (χ3n) is 5.39. The first kappa shape index (κ1) is 21.1. The van der Waals surface area contributed by atoms with E-state index in [0.29, 0.717) is 18.7 Å². The van der Waals surface area contributed by atoms with Crippen molar-refractivity contribution in [3.63, 3.8) is 0 Å². The molecule has 0 fully saturated rings. The second-order valence-corrected chi connectivity index (χ2v) is 7.45. The molecule has 0 aliphatic rings. The lowest BCUT2D eigenvalue weighted by molar-refractivity contribution is -0.384. The van der Waals surface area contributed by atoms with E-state index in [9.17, 15) is 14.9 Å². The van der Waals surface area contributed by atoms with E-state index in [1.54, 1.807) is 12.0 Å². The third-order valence-corrected chi connectivity index (χ3v) is 5.39. The molecular weight excluding hydrogens is 404 g/mol. The van der Waals surface area contributed by atoms with E-state index in [-0.39, 0.29) is 11.6 Å². The number of amides is 1. The van der Waals surface area contributed by atoms with Crippen LogP contribution in [0.4, 0.5) is 5.69 Å². The van der Waals surface area contributed by atoms with Gasteiger partial charge in [-0.2, -0.15) is 0 Å². The maximum atomic E-state index is 13.4. The molecule has 160 valence electrons. The average Bonchev–Trinajstić information content (AvgIpc) is 2.84. The Morgan fingerprint density at radius 2 is 1.56 bits per heavy atom. The lowest BCUT2D eigenvalue weighted by Crippen LogP contribution is -2.30. The fourth-order valence-electron chi connectivity index (χ4n) is 3.70. The van der Waals surface area contributed by atoms with E-state index < -0.39 is 4.92 Å². The highest BCUT2D eigenvalue weighted by Gasteiger charge is 2.19. The molecule has 32 heavy (non-hydrogen) atoms. The Hall–Kier alpha value is -4.19. The molecule has 0 aliphatic heterocycles. The van der Waals surface area contributed by atoms with Crippen LogP contribution in [0.15, 0.2) is 91.0 Å². The maximum absolute atomic E-state index is 13.4. The SMILES string of the molecule is COc1ccc(CN(Cc2cccc3ccccc23)C(=O)c2ccc([N+](=O)[O-])cc2)cc1. The number of non-ortho nitro benzene ring substituents is 1. The Morgan fingerprint density at radius 3 is 2.25 bits per heavy atom. The van der Waals surface area contributed by atoms with Gasteiger partial charge in [0, 0.05) is 30.8 Å². The standard InChI is InChI=1S/C26H22N2O4/c1-32-24-15-9-19(10-16-24)17-27(26(29)21-11-13-23(14-12-21)28(30)31)18-22-7-4-6-20-5-2-3-8-25(20)22/h2-16H,17-18H2,1H3. The van der Waals surface area contributed by atoms with E-state index in [0.717, 1.165) is 27.6 Å². The Labute approximate surface area is 185 Å². The fraction of sp³-hybridized carbons (Fsp3) is 0.115. The first-order valence-corrected chi connectivity index (χ1v) is 10.2. The van der Waals surface area contributed by atoms with Crippen molar-refractivity contribution in [1.29, 1.82) is 0 Å². The number of carbonyl (C=O) groups is 1. The topological polar surface area (TPSA) is 72.7 Å². The van der Waals surface area contributed by atoms with Crippen molar-refractivity contribution in [2.75, 3.05) is 7.11 Å². The Balaban J connectivity index is 1.68. The molecule has 1 amide bonds. The maximum Gasteiger partial charge on any atom is 0.269 e. The highest BCUT2D eigenvalue weighted by Crippen LogP contribution is 2.23. The molecule has 4 rings (SSSR count). The van der Waals surface area contributed by atoms with Crippen molar-refractivity contribution in [3.05, 3.63) is 118 Å². The number of rotatable bonds is 7. The lowest BCUT2D eigenvalue weighted by Gasteiger charge is -2.24. The van der Waals surface area contributed by atoms with Crippen molar-refractivity contribution in [3.8, 4) is 5.75 Å². The summed E-state index contributed by atoms with van der Waals surface area (Å²) in [6.45, 7) is 0.798. The average molecular weight is 426 g/mol. The van der Waals surface area contributed by atoms with Gasteiger partial charge in [-0.05, 0) is 46.2 Å². The number of methoxy groups -OCH3 is 1. The number of nitro groups is 1. The number of nitro benzene ring substituents is 1. The number of ether oxygens (including phenoxy) is 1. The molecule has 6 heteroatoms. The summed E-state index contributed by atoms with van der Waals surface area (Å²) in [5.74, 6) is 0.555. The number of fused-ring (bicyclic) bond motifs is 1. The largest absolute Gasteiger partial charge is 0.497 e. The van der Waals surface area contributed by atoms with Crippen molar-refractivity contribution in [1.82, 2.24) is 4.90 Å². The summed E-state index contributed by atoms with van der Waals surface area (Å²) in [5, 5.41) is 13.2. The van der Waals surface area contributed by atoms with Gasteiger partial charge in [0.25, 0.3) is 11.6 Å². The van der Waals surface area contributed by atoms with Crippen LogP contribution < -0.4 is 4.74 Å². The molecule has 0 bridgehead atoms. The molecule has 6 nitrogen and oxygen atoms in total. The predicted octanol–water partition coefficient (Wildman–Crippen LogP) is 5.60. The quantitative estimate of drug-likeness (QED) is 0.285. The molecule has 0 saturated carbocycles. The zero-order valence-electron chi connectivity index (χ0n) is 17.6. The smallest absolute Gasteiger partial charge is 0.269 e. The summed E-state index contributed by atoms with van der Waals surface area (Å²) in [6, 6.07) is 27.4. The predicted molar refractivity (Wildman–Crippen MR) is 124 cm³/mol. The van der Waals surface area contributed by atoms with Crippen LogP contribution >= 0.6 is 0 Å². The van der Waals surface area contributed by atoms with Gasteiger partial charge in [0.2, 0.25) is 0 Å². The number of hydrogen-bond donors (Lipinski definition) is 0. The van der Waals surface area contributed by atoms with Crippen LogP contribution in [-0.2, 0) is 13.1 Å². The van der Waals surface area contributed by atoms with E-state index in [1.165, 1.54) is 24.3 Å². The molecule has 0 aromatic heterocycles. The van der Waals surface area contributed by atoms with E-state index in [1.807, 2.05) is 66.7 Å². The number of carbonyl (C=O) groups excluding carboxylic acids is 1. The van der Waals surface area contributed by atoms with Gasteiger partial charge in [0.1, 0.15) is 5.75 Å². The van der Waals surface area contributed by atoms with Crippen LogP contribution in [0.2, 0.25) is 0 Å². The second kappa shape index (κ2) is 9.31. The van der Waals surface area contributed by atoms with E-state index in [4.69, 9.17) is 4.74 Å². The lowest BCUT2D eigenvalue weighted by atomic mass is 10.0. The zero-order chi connectivity index (χ0) is 22.5. The molecule has 4 aromatic carbocycles. The molecular formula is C26H22N2O4. The van der Waals surface area contributed by atoms with E-state index >= 15 is 0 Å². The van der Waals surface area contributed by atoms with Gasteiger partial charge >= 0.3 is 0 Å². The number of nitrogens with zero attached hydrogens (tertiary/aromatic N) is 2. The first-order valence-electron chi connectivity index (χ1n) is 10.2. The molecule has 0 saturated heterocycles. The molecule has 0 aliphatic carbocycles. The van der Waals surface area contributed by atoms with E-state index in [2.05, 4.69) is 0 Å². The minimum Gasteiger partial charge on any atom is -0.497 e. The normalized spacial score (nSPS) is 10.7. The molecule has 0 heterocycles. The van der Waals surface area contributed by atoms with Gasteiger partial charge in [-0.3, -0.25) is 14.9 Å². The Morgan fingerprint density at radius 1 is 0.875 bits per heavy atom. The molecule has 0 N–H and O–H groups in total. The number of benzene rings is 4. The second-order valence-electron chi connectivity index (χ2n) is 7.45. The van der Waals surface area contributed by atoms with Crippen molar-refractivity contribution < 1.29 is 14.5 Å². The molecule has 0 spiro atoms. The summed E-state index contributed by atoms with van der Waals surface area (Å²) < 4.78 is 5.23. The summed E-state index contributed by atoms with van der Waals surface area (Å²) >= 11 is 0. The van der Waals surface area contributed by atoms with Gasteiger partial charge in [-0.1, -0.05) is 54.6 Å². The van der Waals surface area contributed by atoms with Crippen LogP contribution in [0.3, 0.4) is 0 Å². The summed E-state index contributed by atoms with van der Waals surface area (Å²) in [7, 11) is 1.61. The van der Waals surface area contributed by atoms with Gasteiger partial charge in [0.05, 0.1) is 12.0 Å². The van der Waals surface area contributed by atoms with Gasteiger partial charge in [-0.15, -0.1) is 0 Å². The highest BCUT2D eigenvalue weighted by atomic mass is 16.6. The minimum atomic E-state index is -0.473. The third kappa shape index (κ3) is 4.59. The molecule has 0 unspecified atom stereocenters. The number of hydrogen-bond acceptors (Lipinski definition) is 4. The van der Waals surface area contributed by atoms with Crippen LogP contribution in [0.1, 0.15) is 21.5 Å². The van der Waals surface area contributed by atoms with Gasteiger partial charge < -0.3 is 9.64 Å². The van der Waals surface area contributed by atoms with Crippen LogP contribution in [0, 0.1) is 10.1 Å². The molecule has 0 radical (unpaired) electrons. The summed E-state index contributed by atoms with van der Waals surface area (Å²) in [6.07, 6.45) is 0. The van der Waals surface area contributed by atoms with Crippen molar-refractivity contribution in [2.24, 2.45) is 0 Å². The fourth-order valence-corrected chi connectivity index (χ4v) is 3.70. The summed E-state index contributed by atoms with van der Waals surface area (Å²) in [5.41, 5.74) is 2.36.